The van der Waals surface area contributed by atoms with Crippen molar-refractivity contribution in [1.29, 1.82) is 0 Å². The first-order valence-electron chi connectivity index (χ1n) is 6.98. The number of carbonyl (C=O) groups excluding carboxylic acids is 1. The highest BCUT2D eigenvalue weighted by atomic mass is 35.5. The summed E-state index contributed by atoms with van der Waals surface area (Å²) in [6, 6.07) is 5.51. The van der Waals surface area contributed by atoms with Crippen molar-refractivity contribution in [3.05, 3.63) is 28.1 Å². The van der Waals surface area contributed by atoms with E-state index in [2.05, 4.69) is 0 Å². The fourth-order valence-corrected chi connectivity index (χ4v) is 4.07. The molecule has 1 aliphatic rings. The topological polar surface area (TPSA) is 66.6 Å². The molecule has 2 aromatic rings. The molecule has 1 aromatic carbocycles. The fraction of sp³-hybridized carbons (Fsp3) is 0.400. The Morgan fingerprint density at radius 1 is 1.52 bits per heavy atom. The molecule has 112 valence electrons. The standard InChI is InChI=1S/C15H17ClN2O2S/c16-10-1-2-12-11(7-10)13(17)14(21-12)15(20)18-5-3-9(8-18)4-6-19/h1-2,7,9,19H,3-6,8,17H2. The molecule has 2 heterocycles. The molecule has 6 heteroatoms. The van der Waals surface area contributed by atoms with Gasteiger partial charge in [0.25, 0.3) is 5.91 Å². The van der Waals surface area contributed by atoms with Crippen LogP contribution in [0.2, 0.25) is 5.02 Å². The minimum absolute atomic E-state index is 0.00902. The average Bonchev–Trinajstić information content (AvgIpc) is 3.05. The Kier molecular flexibility index (Phi) is 4.06. The Morgan fingerprint density at radius 2 is 2.33 bits per heavy atom. The third kappa shape index (κ3) is 2.73. The summed E-state index contributed by atoms with van der Waals surface area (Å²) in [7, 11) is 0. The third-order valence-electron chi connectivity index (χ3n) is 3.99. The van der Waals surface area contributed by atoms with Crippen LogP contribution in [0.3, 0.4) is 0 Å². The van der Waals surface area contributed by atoms with Gasteiger partial charge in [-0.3, -0.25) is 4.79 Å². The molecule has 3 N–H and O–H groups in total. The number of nitrogens with zero attached hydrogens (tertiary/aromatic N) is 1. The first kappa shape index (κ1) is 14.6. The number of anilines is 1. The Morgan fingerprint density at radius 3 is 3.10 bits per heavy atom. The zero-order valence-electron chi connectivity index (χ0n) is 11.5. The second-order valence-electron chi connectivity index (χ2n) is 5.40. The molecule has 1 saturated heterocycles. The number of thiophene rings is 1. The number of likely N-dealkylation sites (tertiary alicyclic amines) is 1. The lowest BCUT2D eigenvalue weighted by Gasteiger charge is -2.15. The highest BCUT2D eigenvalue weighted by Crippen LogP contribution is 2.36. The van der Waals surface area contributed by atoms with Crippen LogP contribution in [-0.2, 0) is 0 Å². The predicted octanol–water partition coefficient (Wildman–Crippen LogP) is 2.98. The van der Waals surface area contributed by atoms with Gasteiger partial charge < -0.3 is 15.7 Å². The fourth-order valence-electron chi connectivity index (χ4n) is 2.83. The first-order valence-corrected chi connectivity index (χ1v) is 8.17. The van der Waals surface area contributed by atoms with Gasteiger partial charge in [-0.25, -0.2) is 0 Å². The molecule has 3 rings (SSSR count). The molecule has 1 aliphatic heterocycles. The van der Waals surface area contributed by atoms with Crippen LogP contribution in [0.25, 0.3) is 10.1 Å². The summed E-state index contributed by atoms with van der Waals surface area (Å²) >= 11 is 7.41. The molecule has 0 aliphatic carbocycles. The van der Waals surface area contributed by atoms with Crippen LogP contribution in [0.15, 0.2) is 18.2 Å². The maximum Gasteiger partial charge on any atom is 0.266 e. The second kappa shape index (κ2) is 5.83. The van der Waals surface area contributed by atoms with Gasteiger partial charge in [0.05, 0.1) is 5.69 Å². The maximum absolute atomic E-state index is 12.6. The van der Waals surface area contributed by atoms with Crippen LogP contribution in [0.4, 0.5) is 5.69 Å². The van der Waals surface area contributed by atoms with Crippen LogP contribution in [-0.4, -0.2) is 35.6 Å². The number of carbonyl (C=O) groups is 1. The molecular formula is C15H17ClN2O2S. The molecule has 0 bridgehead atoms. The summed E-state index contributed by atoms with van der Waals surface area (Å²) in [6.45, 7) is 1.61. The van der Waals surface area contributed by atoms with Gasteiger partial charge in [0.15, 0.2) is 0 Å². The van der Waals surface area contributed by atoms with Crippen molar-refractivity contribution in [3.8, 4) is 0 Å². The van der Waals surface area contributed by atoms with Gasteiger partial charge in [0.1, 0.15) is 4.88 Å². The second-order valence-corrected chi connectivity index (χ2v) is 6.89. The normalized spacial score (nSPS) is 18.6. The largest absolute Gasteiger partial charge is 0.397 e. The minimum atomic E-state index is -0.00902. The Hall–Kier alpha value is -1.30. The van der Waals surface area contributed by atoms with Gasteiger partial charge in [-0.15, -0.1) is 11.3 Å². The molecule has 1 unspecified atom stereocenters. The molecule has 1 fully saturated rings. The molecule has 4 nitrogen and oxygen atoms in total. The van der Waals surface area contributed by atoms with Crippen molar-refractivity contribution in [1.82, 2.24) is 4.90 Å². The van der Waals surface area contributed by atoms with Gasteiger partial charge in [-0.2, -0.15) is 0 Å². The van der Waals surface area contributed by atoms with Crippen molar-refractivity contribution in [3.63, 3.8) is 0 Å². The Labute approximate surface area is 132 Å². The zero-order valence-corrected chi connectivity index (χ0v) is 13.1. The molecule has 1 amide bonds. The number of benzene rings is 1. The number of hydrogen-bond acceptors (Lipinski definition) is 4. The minimum Gasteiger partial charge on any atom is -0.397 e. The van der Waals surface area contributed by atoms with Crippen molar-refractivity contribution in [2.75, 3.05) is 25.4 Å². The lowest BCUT2D eigenvalue weighted by Crippen LogP contribution is -2.28. The van der Waals surface area contributed by atoms with E-state index in [-0.39, 0.29) is 12.5 Å². The van der Waals surface area contributed by atoms with E-state index in [0.717, 1.165) is 29.5 Å². The van der Waals surface area contributed by atoms with Gasteiger partial charge in [-0.05, 0) is 37.0 Å². The first-order chi connectivity index (χ1) is 10.1. The monoisotopic (exact) mass is 324 g/mol. The van der Waals surface area contributed by atoms with E-state index < -0.39 is 0 Å². The number of nitrogens with two attached hydrogens (primary N) is 1. The molecule has 0 spiro atoms. The van der Waals surface area contributed by atoms with Crippen LogP contribution in [0, 0.1) is 5.92 Å². The van der Waals surface area contributed by atoms with E-state index in [9.17, 15) is 4.79 Å². The van der Waals surface area contributed by atoms with Gasteiger partial charge in [-0.1, -0.05) is 11.6 Å². The summed E-state index contributed by atoms with van der Waals surface area (Å²) in [6.07, 6.45) is 1.70. The number of aliphatic hydroxyl groups excluding tert-OH is 1. The lowest BCUT2D eigenvalue weighted by molar-refractivity contribution is 0.0790. The molecule has 21 heavy (non-hydrogen) atoms. The number of rotatable bonds is 3. The van der Waals surface area contributed by atoms with Crippen LogP contribution in [0.1, 0.15) is 22.5 Å². The summed E-state index contributed by atoms with van der Waals surface area (Å²) < 4.78 is 0.978. The summed E-state index contributed by atoms with van der Waals surface area (Å²) in [5, 5.41) is 10.5. The summed E-state index contributed by atoms with van der Waals surface area (Å²) in [5.74, 6) is 0.384. The van der Waals surface area contributed by atoms with E-state index >= 15 is 0 Å². The highest BCUT2D eigenvalue weighted by Gasteiger charge is 2.29. The van der Waals surface area contributed by atoms with Crippen molar-refractivity contribution < 1.29 is 9.90 Å². The SMILES string of the molecule is Nc1c(C(=O)N2CCC(CCO)C2)sc2ccc(Cl)cc12. The van der Waals surface area contributed by atoms with E-state index in [1.807, 2.05) is 11.0 Å². The highest BCUT2D eigenvalue weighted by molar-refractivity contribution is 7.21. The number of hydrogen-bond donors (Lipinski definition) is 2. The summed E-state index contributed by atoms with van der Waals surface area (Å²) in [5.41, 5.74) is 6.66. The maximum atomic E-state index is 12.6. The Balaban J connectivity index is 1.87. The lowest BCUT2D eigenvalue weighted by atomic mass is 10.1. The van der Waals surface area contributed by atoms with Crippen LogP contribution in [0.5, 0.6) is 0 Å². The molecule has 1 atom stereocenters. The summed E-state index contributed by atoms with van der Waals surface area (Å²) in [4.78, 5) is 15.1. The molecule has 0 saturated carbocycles. The van der Waals surface area contributed by atoms with E-state index in [4.69, 9.17) is 22.4 Å². The van der Waals surface area contributed by atoms with Crippen molar-refractivity contribution in [2.45, 2.75) is 12.8 Å². The van der Waals surface area contributed by atoms with Crippen molar-refractivity contribution >= 4 is 44.6 Å². The number of nitrogen functional groups attached to an aromatic ring is 1. The van der Waals surface area contributed by atoms with Gasteiger partial charge in [0.2, 0.25) is 0 Å². The predicted molar refractivity (Wildman–Crippen MR) is 87.0 cm³/mol. The third-order valence-corrected chi connectivity index (χ3v) is 5.40. The molecule has 1 aromatic heterocycles. The molecule has 0 radical (unpaired) electrons. The Bertz CT molecular complexity index is 686. The number of amides is 1. The van der Waals surface area contributed by atoms with Crippen LogP contribution >= 0.6 is 22.9 Å². The van der Waals surface area contributed by atoms with Crippen LogP contribution < -0.4 is 5.73 Å². The van der Waals surface area contributed by atoms with E-state index in [0.29, 0.717) is 28.0 Å². The van der Waals surface area contributed by atoms with E-state index in [1.165, 1.54) is 11.3 Å². The number of fused-ring (bicyclic) bond motifs is 1. The average molecular weight is 325 g/mol. The number of halogens is 1. The zero-order chi connectivity index (χ0) is 15.0. The number of aliphatic hydroxyl groups is 1. The van der Waals surface area contributed by atoms with Gasteiger partial charge in [0, 0.05) is 34.8 Å². The smallest absolute Gasteiger partial charge is 0.266 e. The van der Waals surface area contributed by atoms with Crippen molar-refractivity contribution in [2.24, 2.45) is 5.92 Å². The quantitative estimate of drug-likeness (QED) is 0.912. The molecular weight excluding hydrogens is 308 g/mol. The van der Waals surface area contributed by atoms with Gasteiger partial charge >= 0.3 is 0 Å². The van der Waals surface area contributed by atoms with E-state index in [1.54, 1.807) is 12.1 Å².